The van der Waals surface area contributed by atoms with E-state index in [1.165, 1.54) is 11.1 Å². The summed E-state index contributed by atoms with van der Waals surface area (Å²) < 4.78 is 6.10. The Balaban J connectivity index is 1.87. The molecular formula is C23H22O3. The van der Waals surface area contributed by atoms with Gasteiger partial charge in [0.25, 0.3) is 0 Å². The molecule has 3 aromatic rings. The van der Waals surface area contributed by atoms with E-state index < -0.39 is 0 Å². The predicted molar refractivity (Wildman–Crippen MR) is 102 cm³/mol. The van der Waals surface area contributed by atoms with Crippen LogP contribution < -0.4 is 4.74 Å². The van der Waals surface area contributed by atoms with E-state index in [9.17, 15) is 10.2 Å². The van der Waals surface area contributed by atoms with Gasteiger partial charge in [0.2, 0.25) is 0 Å². The van der Waals surface area contributed by atoms with Crippen LogP contribution in [-0.2, 0) is 0 Å². The molecule has 1 heterocycles. The van der Waals surface area contributed by atoms with E-state index in [-0.39, 0.29) is 23.3 Å². The molecule has 2 atom stereocenters. The third kappa shape index (κ3) is 2.80. The Morgan fingerprint density at radius 3 is 2.15 bits per heavy atom. The van der Waals surface area contributed by atoms with Crippen LogP contribution in [0.2, 0.25) is 0 Å². The minimum absolute atomic E-state index is 0.0985. The first-order valence-electron chi connectivity index (χ1n) is 8.85. The number of aromatic hydroxyl groups is 2. The molecule has 0 bridgehead atoms. The average molecular weight is 346 g/mol. The van der Waals surface area contributed by atoms with E-state index in [4.69, 9.17) is 4.74 Å². The van der Waals surface area contributed by atoms with Gasteiger partial charge in [-0.3, -0.25) is 0 Å². The van der Waals surface area contributed by atoms with Gasteiger partial charge in [-0.15, -0.1) is 0 Å². The molecule has 1 aliphatic heterocycles. The fourth-order valence-corrected chi connectivity index (χ4v) is 3.82. The highest BCUT2D eigenvalue weighted by molar-refractivity contribution is 5.55. The quantitative estimate of drug-likeness (QED) is 0.685. The monoisotopic (exact) mass is 346 g/mol. The highest BCUT2D eigenvalue weighted by Gasteiger charge is 2.34. The maximum absolute atomic E-state index is 10.1. The molecule has 0 radical (unpaired) electrons. The minimum Gasteiger partial charge on any atom is -0.508 e. The van der Waals surface area contributed by atoms with Crippen molar-refractivity contribution in [3.63, 3.8) is 0 Å². The number of phenolic OH excluding ortho intramolecular Hbond substituents is 2. The summed E-state index contributed by atoms with van der Waals surface area (Å²) in [6.07, 6.45) is 0. The SMILES string of the molecule is Cc1ccc([C@@H]2COc3c(ccc(O)c3C)[C@@H]2c2ccc(O)cc2)cc1. The number of phenols is 2. The molecule has 0 saturated heterocycles. The second kappa shape index (κ2) is 6.41. The fourth-order valence-electron chi connectivity index (χ4n) is 3.82. The van der Waals surface area contributed by atoms with Gasteiger partial charge in [-0.25, -0.2) is 0 Å². The predicted octanol–water partition coefficient (Wildman–Crippen LogP) is 5.02. The number of fused-ring (bicyclic) bond motifs is 1. The molecular weight excluding hydrogens is 324 g/mol. The summed E-state index contributed by atoms with van der Waals surface area (Å²) in [5, 5.41) is 19.8. The topological polar surface area (TPSA) is 49.7 Å². The zero-order valence-corrected chi connectivity index (χ0v) is 14.9. The van der Waals surface area contributed by atoms with Gasteiger partial charge in [-0.2, -0.15) is 0 Å². The van der Waals surface area contributed by atoms with Crippen molar-refractivity contribution in [3.05, 3.63) is 88.5 Å². The number of aryl methyl sites for hydroxylation is 1. The first-order valence-corrected chi connectivity index (χ1v) is 8.85. The number of hydrogen-bond donors (Lipinski definition) is 2. The van der Waals surface area contributed by atoms with Gasteiger partial charge in [0, 0.05) is 23.0 Å². The van der Waals surface area contributed by atoms with Crippen LogP contribution in [0.4, 0.5) is 0 Å². The van der Waals surface area contributed by atoms with E-state index in [1.807, 2.05) is 25.1 Å². The zero-order valence-electron chi connectivity index (χ0n) is 14.9. The molecule has 0 aromatic heterocycles. The Morgan fingerprint density at radius 1 is 0.808 bits per heavy atom. The van der Waals surface area contributed by atoms with Crippen LogP contribution in [0.1, 0.15) is 39.7 Å². The number of ether oxygens (including phenoxy) is 1. The molecule has 3 nitrogen and oxygen atoms in total. The fraction of sp³-hybridized carbons (Fsp3) is 0.217. The highest BCUT2D eigenvalue weighted by Crippen LogP contribution is 2.48. The Bertz CT molecular complexity index is 927. The summed E-state index contributed by atoms with van der Waals surface area (Å²) in [5.41, 5.74) is 5.43. The average Bonchev–Trinajstić information content (AvgIpc) is 2.65. The van der Waals surface area contributed by atoms with Crippen LogP contribution in [0, 0.1) is 13.8 Å². The van der Waals surface area contributed by atoms with Crippen molar-refractivity contribution in [2.75, 3.05) is 6.61 Å². The van der Waals surface area contributed by atoms with Gasteiger partial charge < -0.3 is 14.9 Å². The van der Waals surface area contributed by atoms with E-state index >= 15 is 0 Å². The van der Waals surface area contributed by atoms with Crippen molar-refractivity contribution in [1.29, 1.82) is 0 Å². The van der Waals surface area contributed by atoms with Crippen molar-refractivity contribution in [2.45, 2.75) is 25.7 Å². The Morgan fingerprint density at radius 2 is 1.46 bits per heavy atom. The second-order valence-corrected chi connectivity index (χ2v) is 7.03. The third-order valence-electron chi connectivity index (χ3n) is 5.31. The summed E-state index contributed by atoms with van der Waals surface area (Å²) in [4.78, 5) is 0. The van der Waals surface area contributed by atoms with E-state index in [1.54, 1.807) is 18.2 Å². The van der Waals surface area contributed by atoms with Crippen molar-refractivity contribution in [2.24, 2.45) is 0 Å². The normalized spacial score (nSPS) is 18.8. The van der Waals surface area contributed by atoms with Crippen molar-refractivity contribution < 1.29 is 14.9 Å². The third-order valence-corrected chi connectivity index (χ3v) is 5.31. The minimum atomic E-state index is 0.0985. The Hall–Kier alpha value is -2.94. The largest absolute Gasteiger partial charge is 0.508 e. The lowest BCUT2D eigenvalue weighted by molar-refractivity contribution is 0.245. The van der Waals surface area contributed by atoms with Gasteiger partial charge in [0.05, 0.1) is 6.61 Å². The molecule has 132 valence electrons. The van der Waals surface area contributed by atoms with Crippen LogP contribution in [0.25, 0.3) is 0 Å². The van der Waals surface area contributed by atoms with Crippen LogP contribution >= 0.6 is 0 Å². The standard InChI is InChI=1S/C23H22O3/c1-14-3-5-16(6-4-14)20-13-26-23-15(2)21(25)12-11-19(23)22(20)17-7-9-18(24)10-8-17/h3-12,20,22,24-25H,13H2,1-2H3/t20-,22-/m0/s1. The molecule has 0 unspecified atom stereocenters. The Kier molecular flexibility index (Phi) is 4.08. The maximum Gasteiger partial charge on any atom is 0.129 e. The summed E-state index contributed by atoms with van der Waals surface area (Å²) in [7, 11) is 0. The molecule has 2 N–H and O–H groups in total. The van der Waals surface area contributed by atoms with Gasteiger partial charge in [-0.1, -0.05) is 48.0 Å². The van der Waals surface area contributed by atoms with E-state index in [2.05, 4.69) is 31.2 Å². The zero-order chi connectivity index (χ0) is 18.3. The maximum atomic E-state index is 10.1. The smallest absolute Gasteiger partial charge is 0.129 e. The summed E-state index contributed by atoms with van der Waals surface area (Å²) in [5.74, 6) is 1.54. The van der Waals surface area contributed by atoms with Crippen LogP contribution in [-0.4, -0.2) is 16.8 Å². The molecule has 0 aliphatic carbocycles. The molecule has 0 amide bonds. The molecule has 1 aliphatic rings. The molecule has 3 aromatic carbocycles. The number of rotatable bonds is 2. The lowest BCUT2D eigenvalue weighted by atomic mass is 9.75. The molecule has 4 rings (SSSR count). The van der Waals surface area contributed by atoms with Crippen LogP contribution in [0.5, 0.6) is 17.2 Å². The van der Waals surface area contributed by atoms with Crippen LogP contribution in [0.3, 0.4) is 0 Å². The van der Waals surface area contributed by atoms with Crippen molar-refractivity contribution in [1.82, 2.24) is 0 Å². The molecule has 3 heteroatoms. The van der Waals surface area contributed by atoms with Gasteiger partial charge in [0.15, 0.2) is 0 Å². The lowest BCUT2D eigenvalue weighted by Gasteiger charge is -2.35. The summed E-state index contributed by atoms with van der Waals surface area (Å²) >= 11 is 0. The first kappa shape index (κ1) is 16.5. The summed E-state index contributed by atoms with van der Waals surface area (Å²) in [6.45, 7) is 4.51. The van der Waals surface area contributed by atoms with E-state index in [0.717, 1.165) is 22.4 Å². The molecule has 0 saturated carbocycles. The second-order valence-electron chi connectivity index (χ2n) is 7.03. The van der Waals surface area contributed by atoms with Gasteiger partial charge in [-0.05, 0) is 43.2 Å². The molecule has 26 heavy (non-hydrogen) atoms. The number of benzene rings is 3. The highest BCUT2D eigenvalue weighted by atomic mass is 16.5. The Labute approximate surface area is 153 Å². The van der Waals surface area contributed by atoms with Crippen LogP contribution in [0.15, 0.2) is 60.7 Å². The lowest BCUT2D eigenvalue weighted by Crippen LogP contribution is -2.25. The molecule has 0 spiro atoms. The van der Waals surface area contributed by atoms with Crippen molar-refractivity contribution in [3.8, 4) is 17.2 Å². The van der Waals surface area contributed by atoms with E-state index in [0.29, 0.717) is 6.61 Å². The summed E-state index contributed by atoms with van der Waals surface area (Å²) in [6, 6.07) is 19.7. The van der Waals surface area contributed by atoms with Gasteiger partial charge >= 0.3 is 0 Å². The van der Waals surface area contributed by atoms with Crippen molar-refractivity contribution >= 4 is 0 Å². The van der Waals surface area contributed by atoms with Gasteiger partial charge in [0.1, 0.15) is 17.2 Å². The molecule has 0 fully saturated rings. The number of hydrogen-bond acceptors (Lipinski definition) is 3. The first-order chi connectivity index (χ1) is 12.5.